The predicted molar refractivity (Wildman–Crippen MR) is 67.0 cm³/mol. The highest BCUT2D eigenvalue weighted by Crippen LogP contribution is 2.06. The van der Waals surface area contributed by atoms with Crippen molar-refractivity contribution < 1.29 is 24.6 Å². The fraction of sp³-hybridized carbons (Fsp3) is 0.308. The Balaban J connectivity index is 2.81. The van der Waals surface area contributed by atoms with Gasteiger partial charge in [-0.1, -0.05) is 19.1 Å². The van der Waals surface area contributed by atoms with Gasteiger partial charge in [0.1, 0.15) is 6.04 Å². The summed E-state index contributed by atoms with van der Waals surface area (Å²) in [6, 6.07) is 5.31. The summed E-state index contributed by atoms with van der Waals surface area (Å²) in [5.41, 5.74) is 1.26. The van der Waals surface area contributed by atoms with E-state index in [1.165, 1.54) is 0 Å². The van der Waals surface area contributed by atoms with Crippen LogP contribution >= 0.6 is 0 Å². The van der Waals surface area contributed by atoms with Crippen LogP contribution in [0.15, 0.2) is 24.3 Å². The number of amides is 1. The van der Waals surface area contributed by atoms with Crippen LogP contribution in [0.25, 0.3) is 0 Å². The molecule has 6 nitrogen and oxygen atoms in total. The van der Waals surface area contributed by atoms with E-state index in [1.807, 2.05) is 13.0 Å². The summed E-state index contributed by atoms with van der Waals surface area (Å²) < 4.78 is 0. The van der Waals surface area contributed by atoms with Crippen LogP contribution in [0.2, 0.25) is 0 Å². The Hall–Kier alpha value is -2.37. The summed E-state index contributed by atoms with van der Waals surface area (Å²) in [6.45, 7) is 1.93. The molecule has 0 saturated carbocycles. The molecule has 0 unspecified atom stereocenters. The minimum Gasteiger partial charge on any atom is -0.481 e. The minimum atomic E-state index is -1.43. The molecule has 1 amide bonds. The van der Waals surface area contributed by atoms with Gasteiger partial charge in [-0.2, -0.15) is 0 Å². The largest absolute Gasteiger partial charge is 0.481 e. The molecule has 6 heteroatoms. The van der Waals surface area contributed by atoms with E-state index in [4.69, 9.17) is 10.2 Å². The van der Waals surface area contributed by atoms with Gasteiger partial charge in [-0.25, -0.2) is 4.79 Å². The van der Waals surface area contributed by atoms with E-state index < -0.39 is 30.3 Å². The van der Waals surface area contributed by atoms with Crippen molar-refractivity contribution in [3.63, 3.8) is 0 Å². The molecule has 0 aromatic heterocycles. The highest BCUT2D eigenvalue weighted by atomic mass is 16.4. The van der Waals surface area contributed by atoms with Gasteiger partial charge in [0.15, 0.2) is 0 Å². The third kappa shape index (κ3) is 4.42. The molecule has 0 saturated heterocycles. The maximum atomic E-state index is 11.8. The number of hydrogen-bond acceptors (Lipinski definition) is 3. The molecule has 0 bridgehead atoms. The van der Waals surface area contributed by atoms with Crippen LogP contribution in [0.1, 0.15) is 29.3 Å². The average molecular weight is 265 g/mol. The van der Waals surface area contributed by atoms with Crippen LogP contribution in [0, 0.1) is 0 Å². The van der Waals surface area contributed by atoms with Crippen molar-refractivity contribution in [1.82, 2.24) is 5.32 Å². The number of nitrogens with one attached hydrogen (secondary N) is 1. The molecule has 19 heavy (non-hydrogen) atoms. The van der Waals surface area contributed by atoms with Crippen LogP contribution < -0.4 is 5.32 Å². The van der Waals surface area contributed by atoms with Crippen molar-refractivity contribution in [2.75, 3.05) is 0 Å². The second-order valence-corrected chi connectivity index (χ2v) is 4.02. The molecule has 0 aliphatic rings. The van der Waals surface area contributed by atoms with Gasteiger partial charge in [-0.3, -0.25) is 9.59 Å². The highest BCUT2D eigenvalue weighted by molar-refractivity contribution is 5.97. The summed E-state index contributed by atoms with van der Waals surface area (Å²) in [4.78, 5) is 33.2. The quantitative estimate of drug-likeness (QED) is 0.709. The van der Waals surface area contributed by atoms with E-state index in [0.29, 0.717) is 5.56 Å². The van der Waals surface area contributed by atoms with Gasteiger partial charge >= 0.3 is 11.9 Å². The Morgan fingerprint density at radius 1 is 1.26 bits per heavy atom. The lowest BCUT2D eigenvalue weighted by molar-refractivity contribution is -0.145. The molecule has 0 radical (unpaired) electrons. The van der Waals surface area contributed by atoms with Crippen LogP contribution in [0.4, 0.5) is 0 Å². The summed E-state index contributed by atoms with van der Waals surface area (Å²) in [7, 11) is 0. The van der Waals surface area contributed by atoms with E-state index in [0.717, 1.165) is 12.0 Å². The smallest absolute Gasteiger partial charge is 0.326 e. The Morgan fingerprint density at radius 2 is 1.95 bits per heavy atom. The zero-order chi connectivity index (χ0) is 14.4. The first-order valence-electron chi connectivity index (χ1n) is 5.78. The van der Waals surface area contributed by atoms with Crippen molar-refractivity contribution in [1.29, 1.82) is 0 Å². The van der Waals surface area contributed by atoms with Gasteiger partial charge in [0, 0.05) is 5.56 Å². The molecule has 0 spiro atoms. The van der Waals surface area contributed by atoms with Crippen molar-refractivity contribution in [2.24, 2.45) is 0 Å². The lowest BCUT2D eigenvalue weighted by Crippen LogP contribution is -2.42. The van der Waals surface area contributed by atoms with Crippen molar-refractivity contribution in [3.8, 4) is 0 Å². The second-order valence-electron chi connectivity index (χ2n) is 4.02. The maximum Gasteiger partial charge on any atom is 0.326 e. The van der Waals surface area contributed by atoms with Gasteiger partial charge in [-0.05, 0) is 24.1 Å². The number of benzene rings is 1. The maximum absolute atomic E-state index is 11.8. The number of aryl methyl sites for hydroxylation is 1. The van der Waals surface area contributed by atoms with E-state index in [2.05, 4.69) is 5.32 Å². The fourth-order valence-corrected chi connectivity index (χ4v) is 1.55. The van der Waals surface area contributed by atoms with Gasteiger partial charge in [0.2, 0.25) is 0 Å². The lowest BCUT2D eigenvalue weighted by Gasteiger charge is -2.12. The Morgan fingerprint density at radius 3 is 2.47 bits per heavy atom. The highest BCUT2D eigenvalue weighted by Gasteiger charge is 2.23. The molecular formula is C13H15NO5. The molecule has 102 valence electrons. The normalized spacial score (nSPS) is 11.6. The minimum absolute atomic E-state index is 0.316. The third-order valence-electron chi connectivity index (χ3n) is 2.58. The second kappa shape index (κ2) is 6.53. The van der Waals surface area contributed by atoms with Crippen LogP contribution in [0.5, 0.6) is 0 Å². The van der Waals surface area contributed by atoms with Crippen LogP contribution in [-0.2, 0) is 16.0 Å². The Kier molecular flexibility index (Phi) is 5.05. The van der Waals surface area contributed by atoms with E-state index in [-0.39, 0.29) is 0 Å². The average Bonchev–Trinajstić information content (AvgIpc) is 2.37. The summed E-state index contributed by atoms with van der Waals surface area (Å²) >= 11 is 0. The first-order chi connectivity index (χ1) is 8.93. The molecule has 0 heterocycles. The first kappa shape index (κ1) is 14.7. The number of rotatable bonds is 6. The molecule has 0 aliphatic carbocycles. The monoisotopic (exact) mass is 265 g/mol. The molecule has 1 rings (SSSR count). The van der Waals surface area contributed by atoms with Crippen molar-refractivity contribution >= 4 is 17.8 Å². The van der Waals surface area contributed by atoms with Gasteiger partial charge in [0.25, 0.3) is 5.91 Å². The topological polar surface area (TPSA) is 104 Å². The molecule has 1 aromatic rings. The van der Waals surface area contributed by atoms with E-state index in [1.54, 1.807) is 18.2 Å². The van der Waals surface area contributed by atoms with Crippen molar-refractivity contribution in [2.45, 2.75) is 25.8 Å². The lowest BCUT2D eigenvalue weighted by atomic mass is 10.1. The number of aliphatic carboxylic acids is 2. The zero-order valence-electron chi connectivity index (χ0n) is 10.4. The van der Waals surface area contributed by atoms with Gasteiger partial charge in [0.05, 0.1) is 6.42 Å². The van der Waals surface area contributed by atoms with E-state index in [9.17, 15) is 14.4 Å². The Labute approximate surface area is 110 Å². The van der Waals surface area contributed by atoms with E-state index >= 15 is 0 Å². The first-order valence-corrected chi connectivity index (χ1v) is 5.78. The number of carbonyl (C=O) groups excluding carboxylic acids is 1. The molecule has 3 N–H and O–H groups in total. The third-order valence-corrected chi connectivity index (χ3v) is 2.58. The number of hydrogen-bond donors (Lipinski definition) is 3. The molecule has 1 atom stereocenters. The number of carboxylic acid groups (broad SMARTS) is 2. The number of carbonyl (C=O) groups is 3. The predicted octanol–water partition coefficient (Wildman–Crippen LogP) is 0.907. The van der Waals surface area contributed by atoms with Crippen LogP contribution in [0.3, 0.4) is 0 Å². The number of carboxylic acids is 2. The van der Waals surface area contributed by atoms with Gasteiger partial charge in [-0.15, -0.1) is 0 Å². The Bertz CT molecular complexity index is 498. The SMILES string of the molecule is CCc1cccc(C(=O)N[C@@H](CC(=O)O)C(=O)O)c1. The van der Waals surface area contributed by atoms with Crippen LogP contribution in [-0.4, -0.2) is 34.1 Å². The molecule has 1 aromatic carbocycles. The van der Waals surface area contributed by atoms with Crippen molar-refractivity contribution in [3.05, 3.63) is 35.4 Å². The summed E-state index contributed by atoms with van der Waals surface area (Å²) in [5, 5.41) is 19.6. The molecule has 0 aliphatic heterocycles. The summed E-state index contributed by atoms with van der Waals surface area (Å²) in [6.07, 6.45) is 0.0904. The standard InChI is InChI=1S/C13H15NO5/c1-2-8-4-3-5-9(6-8)12(17)14-10(13(18)19)7-11(15)16/h3-6,10H,2,7H2,1H3,(H,14,17)(H,15,16)(H,18,19)/t10-/m0/s1. The van der Waals surface area contributed by atoms with Gasteiger partial charge < -0.3 is 15.5 Å². The summed E-state index contributed by atoms with van der Waals surface area (Å²) in [5.74, 6) is -3.25. The molecule has 0 fully saturated rings. The molecular weight excluding hydrogens is 250 g/mol. The zero-order valence-corrected chi connectivity index (χ0v) is 10.4. The fourth-order valence-electron chi connectivity index (χ4n) is 1.55.